The molecular weight excluding hydrogens is 254 g/mol. The van der Waals surface area contributed by atoms with E-state index < -0.39 is 11.0 Å². The van der Waals surface area contributed by atoms with Crippen LogP contribution >= 0.6 is 11.6 Å². The van der Waals surface area contributed by atoms with Gasteiger partial charge in [0.25, 0.3) is 0 Å². The number of halogens is 1. The number of benzene rings is 2. The number of fused-ring (bicyclic) bond motifs is 1. The molecule has 0 spiro atoms. The van der Waals surface area contributed by atoms with E-state index in [1.54, 1.807) is 6.07 Å². The van der Waals surface area contributed by atoms with Gasteiger partial charge in [-0.2, -0.15) is 0 Å². The molecule has 1 unspecified atom stereocenters. The number of hydrogen-bond acceptors (Lipinski definition) is 1. The Bertz CT molecular complexity index is 585. The van der Waals surface area contributed by atoms with Gasteiger partial charge in [0, 0.05) is 10.7 Å². The largest absolute Gasteiger partial charge is 0.283 e. The predicted molar refractivity (Wildman–Crippen MR) is 70.5 cm³/mol. The summed E-state index contributed by atoms with van der Waals surface area (Å²) in [5, 5.41) is 0.631. The second-order valence-corrected chi connectivity index (χ2v) is 5.69. The molecule has 0 amide bonds. The first kappa shape index (κ1) is 10.8. The van der Waals surface area contributed by atoms with E-state index in [2.05, 4.69) is 0 Å². The number of anilines is 1. The van der Waals surface area contributed by atoms with Crippen molar-refractivity contribution in [3.63, 3.8) is 0 Å². The van der Waals surface area contributed by atoms with Gasteiger partial charge in [-0.1, -0.05) is 35.9 Å². The van der Waals surface area contributed by atoms with Crippen LogP contribution in [0.15, 0.2) is 53.4 Å². The van der Waals surface area contributed by atoms with Crippen molar-refractivity contribution in [1.82, 2.24) is 0 Å². The summed E-state index contributed by atoms with van der Waals surface area (Å²) >= 11 is 5.93. The lowest BCUT2D eigenvalue weighted by atomic mass is 10.2. The van der Waals surface area contributed by atoms with Crippen LogP contribution in [0.4, 0.5) is 5.69 Å². The van der Waals surface area contributed by atoms with E-state index in [0.717, 1.165) is 16.1 Å². The van der Waals surface area contributed by atoms with Gasteiger partial charge in [0.05, 0.1) is 11.4 Å². The van der Waals surface area contributed by atoms with Gasteiger partial charge in [-0.15, -0.1) is 0 Å². The number of nitrogens with zero attached hydrogens (tertiary/aromatic N) is 1. The highest BCUT2D eigenvalue weighted by atomic mass is 35.5. The van der Waals surface area contributed by atoms with E-state index in [4.69, 9.17) is 11.6 Å². The third-order valence-corrected chi connectivity index (χ3v) is 4.51. The fourth-order valence-corrected chi connectivity index (χ4v) is 3.56. The second kappa shape index (κ2) is 4.17. The first-order valence-corrected chi connectivity index (χ1v) is 6.77. The van der Waals surface area contributed by atoms with Gasteiger partial charge >= 0.3 is 0 Å². The number of para-hydroxylation sites is 1. The Balaban J connectivity index is 2.02. The van der Waals surface area contributed by atoms with Gasteiger partial charge in [0.1, 0.15) is 0 Å². The summed E-state index contributed by atoms with van der Waals surface area (Å²) < 4.78 is 14.2. The third-order valence-electron chi connectivity index (χ3n) is 2.78. The molecule has 0 saturated heterocycles. The molecule has 0 N–H and O–H groups in total. The lowest BCUT2D eigenvalue weighted by Crippen LogP contribution is -2.17. The van der Waals surface area contributed by atoms with Crippen molar-refractivity contribution in [2.45, 2.75) is 11.4 Å². The van der Waals surface area contributed by atoms with Crippen LogP contribution in [0.25, 0.3) is 0 Å². The third kappa shape index (κ3) is 1.85. The molecule has 0 saturated carbocycles. The highest BCUT2D eigenvalue weighted by Gasteiger charge is 2.27. The molecule has 2 nitrogen and oxygen atoms in total. The van der Waals surface area contributed by atoms with Crippen molar-refractivity contribution in [1.29, 1.82) is 0 Å². The van der Waals surface area contributed by atoms with Crippen molar-refractivity contribution in [2.75, 3.05) is 4.31 Å². The highest BCUT2D eigenvalue weighted by Crippen LogP contribution is 2.32. The number of rotatable bonds is 1. The highest BCUT2D eigenvalue weighted by molar-refractivity contribution is 7.86. The van der Waals surface area contributed by atoms with Gasteiger partial charge < -0.3 is 0 Å². The smallest absolute Gasteiger partial charge is 0.153 e. The zero-order valence-electron chi connectivity index (χ0n) is 8.97. The molecule has 86 valence electrons. The Kier molecular flexibility index (Phi) is 2.65. The maximum Gasteiger partial charge on any atom is 0.153 e. The normalized spacial score (nSPS) is 18.2. The molecular formula is C13H10ClNOS. The van der Waals surface area contributed by atoms with Crippen molar-refractivity contribution >= 4 is 28.3 Å². The predicted octanol–water partition coefficient (Wildman–Crippen LogP) is 3.38. The zero-order valence-corrected chi connectivity index (χ0v) is 10.5. The summed E-state index contributed by atoms with van der Waals surface area (Å²) in [6.07, 6.45) is 0. The molecule has 0 radical (unpaired) electrons. The first-order valence-electron chi connectivity index (χ1n) is 5.28. The van der Waals surface area contributed by atoms with Crippen molar-refractivity contribution in [3.05, 3.63) is 59.1 Å². The zero-order chi connectivity index (χ0) is 11.8. The minimum absolute atomic E-state index is 0.631. The van der Waals surface area contributed by atoms with E-state index in [1.807, 2.05) is 46.8 Å². The van der Waals surface area contributed by atoms with Crippen LogP contribution in [0.5, 0.6) is 0 Å². The fraction of sp³-hybridized carbons (Fsp3) is 0.0769. The number of hydrogen-bond donors (Lipinski definition) is 0. The molecule has 2 aromatic rings. The molecule has 3 rings (SSSR count). The Hall–Kier alpha value is -1.32. The molecule has 1 heterocycles. The van der Waals surface area contributed by atoms with E-state index in [1.165, 1.54) is 0 Å². The average Bonchev–Trinajstić information content (AvgIpc) is 2.68. The SMILES string of the molecule is O=S1c2cc(Cl)ccc2CN1c1ccccc1. The minimum Gasteiger partial charge on any atom is -0.283 e. The molecule has 0 bridgehead atoms. The van der Waals surface area contributed by atoms with E-state index in [0.29, 0.717) is 11.6 Å². The van der Waals surface area contributed by atoms with Crippen LogP contribution in [0.3, 0.4) is 0 Å². The molecule has 0 aromatic heterocycles. The Morgan fingerprint density at radius 2 is 1.88 bits per heavy atom. The summed E-state index contributed by atoms with van der Waals surface area (Å²) in [7, 11) is -1.15. The summed E-state index contributed by atoms with van der Waals surface area (Å²) in [6.45, 7) is 0.670. The van der Waals surface area contributed by atoms with Crippen molar-refractivity contribution in [3.8, 4) is 0 Å². The van der Waals surface area contributed by atoms with Crippen LogP contribution in [0.2, 0.25) is 5.02 Å². The molecule has 1 aliphatic heterocycles. The molecule has 0 fully saturated rings. The van der Waals surface area contributed by atoms with Gasteiger partial charge in [-0.3, -0.25) is 4.31 Å². The fourth-order valence-electron chi connectivity index (χ4n) is 1.93. The van der Waals surface area contributed by atoms with Crippen molar-refractivity contribution < 1.29 is 4.21 Å². The van der Waals surface area contributed by atoms with Crippen LogP contribution in [-0.2, 0) is 17.5 Å². The van der Waals surface area contributed by atoms with E-state index >= 15 is 0 Å². The topological polar surface area (TPSA) is 20.3 Å². The van der Waals surface area contributed by atoms with Crippen LogP contribution in [0, 0.1) is 0 Å². The standard InChI is InChI=1S/C13H10ClNOS/c14-11-7-6-10-9-15(17(16)13(10)8-11)12-4-2-1-3-5-12/h1-8H,9H2. The van der Waals surface area contributed by atoms with Crippen LogP contribution in [-0.4, -0.2) is 4.21 Å². The molecule has 2 aromatic carbocycles. The van der Waals surface area contributed by atoms with Crippen LogP contribution < -0.4 is 4.31 Å². The molecule has 1 atom stereocenters. The summed E-state index contributed by atoms with van der Waals surface area (Å²) in [4.78, 5) is 0.821. The summed E-state index contributed by atoms with van der Waals surface area (Å²) in [5.74, 6) is 0. The van der Waals surface area contributed by atoms with Crippen LogP contribution in [0.1, 0.15) is 5.56 Å². The summed E-state index contributed by atoms with van der Waals surface area (Å²) in [5.41, 5.74) is 2.05. The minimum atomic E-state index is -1.15. The van der Waals surface area contributed by atoms with Crippen molar-refractivity contribution in [2.24, 2.45) is 0 Å². The first-order chi connectivity index (χ1) is 8.25. The molecule has 0 aliphatic carbocycles. The lowest BCUT2D eigenvalue weighted by molar-refractivity contribution is 0.683. The molecule has 4 heteroatoms. The monoisotopic (exact) mass is 263 g/mol. The van der Waals surface area contributed by atoms with E-state index in [-0.39, 0.29) is 0 Å². The quantitative estimate of drug-likeness (QED) is 0.772. The Labute approximate surface area is 107 Å². The van der Waals surface area contributed by atoms with Gasteiger partial charge in [-0.25, -0.2) is 4.21 Å². The van der Waals surface area contributed by atoms with Gasteiger partial charge in [0.2, 0.25) is 0 Å². The van der Waals surface area contributed by atoms with E-state index in [9.17, 15) is 4.21 Å². The molecule has 17 heavy (non-hydrogen) atoms. The maximum atomic E-state index is 12.3. The Morgan fingerprint density at radius 3 is 2.65 bits per heavy atom. The maximum absolute atomic E-state index is 12.3. The second-order valence-electron chi connectivity index (χ2n) is 3.87. The Morgan fingerprint density at radius 1 is 1.12 bits per heavy atom. The molecule has 1 aliphatic rings. The van der Waals surface area contributed by atoms with Gasteiger partial charge in [-0.05, 0) is 29.8 Å². The average molecular weight is 264 g/mol. The van der Waals surface area contributed by atoms with Gasteiger partial charge in [0.15, 0.2) is 11.0 Å². The lowest BCUT2D eigenvalue weighted by Gasteiger charge is -2.15. The summed E-state index contributed by atoms with van der Waals surface area (Å²) in [6, 6.07) is 15.3.